The van der Waals surface area contributed by atoms with Crippen LogP contribution >= 0.6 is 0 Å². The van der Waals surface area contributed by atoms with Gasteiger partial charge in [0, 0.05) is 13.0 Å². The molecule has 0 aliphatic heterocycles. The van der Waals surface area contributed by atoms with Gasteiger partial charge < -0.3 is 20.8 Å². The number of rotatable bonds is 11. The minimum atomic E-state index is -1.13. The molecule has 0 heterocycles. The Morgan fingerprint density at radius 1 is 1.07 bits per heavy atom. The van der Waals surface area contributed by atoms with Gasteiger partial charge in [-0.3, -0.25) is 14.4 Å². The second kappa shape index (κ2) is 12.1. The summed E-state index contributed by atoms with van der Waals surface area (Å²) in [4.78, 5) is 35.6. The number of nitrogens with one attached hydrogen (secondary N) is 2. The van der Waals surface area contributed by atoms with Crippen molar-refractivity contribution < 1.29 is 24.6 Å². The molecule has 4 N–H and O–H groups in total. The summed E-state index contributed by atoms with van der Waals surface area (Å²) in [6.45, 7) is 0.317. The van der Waals surface area contributed by atoms with Gasteiger partial charge in [0.2, 0.25) is 11.8 Å². The van der Waals surface area contributed by atoms with E-state index in [4.69, 9.17) is 5.11 Å². The van der Waals surface area contributed by atoms with Gasteiger partial charge in [0.15, 0.2) is 0 Å². The second-order valence-electron chi connectivity index (χ2n) is 7.82. The van der Waals surface area contributed by atoms with Crippen LogP contribution in [0, 0.1) is 5.92 Å². The summed E-state index contributed by atoms with van der Waals surface area (Å²) < 4.78 is 0. The molecular formula is C22H32N2O5. The minimum absolute atomic E-state index is 0.172. The van der Waals surface area contributed by atoms with Crippen molar-refractivity contribution in [3.8, 4) is 5.75 Å². The van der Waals surface area contributed by atoms with Gasteiger partial charge in [-0.15, -0.1) is 0 Å². The van der Waals surface area contributed by atoms with E-state index in [1.807, 2.05) is 0 Å². The molecule has 0 unspecified atom stereocenters. The van der Waals surface area contributed by atoms with Gasteiger partial charge in [0.05, 0.1) is 6.42 Å². The van der Waals surface area contributed by atoms with Crippen molar-refractivity contribution in [3.63, 3.8) is 0 Å². The Morgan fingerprint density at radius 3 is 2.41 bits per heavy atom. The van der Waals surface area contributed by atoms with Crippen molar-refractivity contribution in [2.75, 3.05) is 6.54 Å². The van der Waals surface area contributed by atoms with Crippen LogP contribution in [0.1, 0.15) is 63.4 Å². The van der Waals surface area contributed by atoms with Gasteiger partial charge >= 0.3 is 5.97 Å². The summed E-state index contributed by atoms with van der Waals surface area (Å²) in [5.41, 5.74) is 0.935. The van der Waals surface area contributed by atoms with E-state index >= 15 is 0 Å². The van der Waals surface area contributed by atoms with Crippen LogP contribution in [0.4, 0.5) is 0 Å². The maximum atomic E-state index is 12.4. The molecule has 160 valence electrons. The second-order valence-corrected chi connectivity index (χ2v) is 7.82. The van der Waals surface area contributed by atoms with Crippen LogP contribution in [0.3, 0.4) is 0 Å². The average Bonchev–Trinajstić information content (AvgIpc) is 2.69. The Kier molecular flexibility index (Phi) is 9.47. The highest BCUT2D eigenvalue weighted by molar-refractivity contribution is 5.90. The number of phenols is 1. The molecule has 0 bridgehead atoms. The minimum Gasteiger partial charge on any atom is -0.508 e. The summed E-state index contributed by atoms with van der Waals surface area (Å²) in [6.07, 6.45) is 8.47. The highest BCUT2D eigenvalue weighted by Gasteiger charge is 2.23. The topological polar surface area (TPSA) is 116 Å². The average molecular weight is 405 g/mol. The van der Waals surface area contributed by atoms with E-state index in [9.17, 15) is 19.5 Å². The zero-order valence-corrected chi connectivity index (χ0v) is 16.9. The number of carboxylic acids is 1. The third-order valence-corrected chi connectivity index (χ3v) is 5.42. The fraction of sp³-hybridized carbons (Fsp3) is 0.591. The number of phenolic OH excluding ortho intramolecular Hbond substituents is 1. The van der Waals surface area contributed by atoms with E-state index in [0.29, 0.717) is 25.3 Å². The third-order valence-electron chi connectivity index (χ3n) is 5.42. The molecule has 1 saturated carbocycles. The molecule has 1 aromatic carbocycles. The molecule has 1 atom stereocenters. The van der Waals surface area contributed by atoms with Crippen LogP contribution in [0.25, 0.3) is 0 Å². The standard InChI is InChI=1S/C22H32N2O5/c25-18-11-9-17(10-12-18)13-14-23-22(29)19(15-21(27)28)24-20(26)8-4-7-16-5-2-1-3-6-16/h9-12,16,19,25H,1-8,13-15H2,(H,23,29)(H,24,26)(H,27,28)/t19-/m1/s1. The predicted molar refractivity (Wildman–Crippen MR) is 109 cm³/mol. The first-order valence-electron chi connectivity index (χ1n) is 10.5. The van der Waals surface area contributed by atoms with Crippen molar-refractivity contribution in [1.82, 2.24) is 10.6 Å². The first kappa shape index (κ1) is 22.7. The van der Waals surface area contributed by atoms with Gasteiger partial charge in [-0.25, -0.2) is 0 Å². The molecule has 7 heteroatoms. The van der Waals surface area contributed by atoms with Crippen LogP contribution in [-0.2, 0) is 20.8 Å². The van der Waals surface area contributed by atoms with Crippen LogP contribution in [0.5, 0.6) is 5.75 Å². The molecule has 0 saturated heterocycles. The highest BCUT2D eigenvalue weighted by atomic mass is 16.4. The summed E-state index contributed by atoms with van der Waals surface area (Å²) in [5.74, 6) is -1.04. The Bertz CT molecular complexity index is 668. The Labute approximate surface area is 171 Å². The van der Waals surface area contributed by atoms with E-state index in [1.165, 1.54) is 32.1 Å². The summed E-state index contributed by atoms with van der Waals surface area (Å²) in [7, 11) is 0. The first-order chi connectivity index (χ1) is 13.9. The normalized spacial score (nSPS) is 15.4. The number of benzene rings is 1. The molecule has 1 aliphatic rings. The van der Waals surface area contributed by atoms with E-state index in [-0.39, 0.29) is 11.7 Å². The van der Waals surface area contributed by atoms with Crippen molar-refractivity contribution in [3.05, 3.63) is 29.8 Å². The summed E-state index contributed by atoms with van der Waals surface area (Å²) >= 11 is 0. The number of carbonyl (C=O) groups excluding carboxylic acids is 2. The van der Waals surface area contributed by atoms with Crippen molar-refractivity contribution >= 4 is 17.8 Å². The van der Waals surface area contributed by atoms with Crippen LogP contribution in [0.2, 0.25) is 0 Å². The maximum Gasteiger partial charge on any atom is 0.305 e. The molecule has 2 amide bonds. The van der Waals surface area contributed by atoms with Gasteiger partial charge in [0.1, 0.15) is 11.8 Å². The van der Waals surface area contributed by atoms with E-state index in [1.54, 1.807) is 24.3 Å². The van der Waals surface area contributed by atoms with E-state index < -0.39 is 24.3 Å². The fourth-order valence-corrected chi connectivity index (χ4v) is 3.79. The summed E-state index contributed by atoms with van der Waals surface area (Å²) in [6, 6.07) is 5.57. The first-order valence-corrected chi connectivity index (χ1v) is 10.5. The molecule has 7 nitrogen and oxygen atoms in total. The molecule has 0 radical (unpaired) electrons. The van der Waals surface area contributed by atoms with Crippen LogP contribution in [0.15, 0.2) is 24.3 Å². The lowest BCUT2D eigenvalue weighted by Gasteiger charge is -2.21. The molecule has 1 aliphatic carbocycles. The third kappa shape index (κ3) is 8.98. The van der Waals surface area contributed by atoms with Crippen LogP contribution in [-0.4, -0.2) is 40.6 Å². The van der Waals surface area contributed by atoms with Gasteiger partial charge in [0.25, 0.3) is 0 Å². The summed E-state index contributed by atoms with van der Waals surface area (Å²) in [5, 5.41) is 23.6. The highest BCUT2D eigenvalue weighted by Crippen LogP contribution is 2.27. The van der Waals surface area contributed by atoms with Crippen molar-refractivity contribution in [1.29, 1.82) is 0 Å². The van der Waals surface area contributed by atoms with E-state index in [0.717, 1.165) is 18.4 Å². The Hall–Kier alpha value is -2.57. The zero-order valence-electron chi connectivity index (χ0n) is 16.9. The lowest BCUT2D eigenvalue weighted by Crippen LogP contribution is -2.48. The Balaban J connectivity index is 1.73. The monoisotopic (exact) mass is 404 g/mol. The number of aromatic hydroxyl groups is 1. The predicted octanol–water partition coefficient (Wildman–Crippen LogP) is 2.76. The molecule has 2 rings (SSSR count). The van der Waals surface area contributed by atoms with Crippen molar-refractivity contribution in [2.45, 2.75) is 70.3 Å². The molecule has 0 aromatic heterocycles. The number of carbonyl (C=O) groups is 3. The quantitative estimate of drug-likeness (QED) is 0.453. The lowest BCUT2D eigenvalue weighted by molar-refractivity contribution is -0.140. The Morgan fingerprint density at radius 2 is 1.76 bits per heavy atom. The SMILES string of the molecule is O=C(O)C[C@@H](NC(=O)CCCC1CCCCC1)C(=O)NCCc1ccc(O)cc1. The van der Waals surface area contributed by atoms with Gasteiger partial charge in [-0.05, 0) is 42.9 Å². The smallest absolute Gasteiger partial charge is 0.305 e. The molecule has 1 fully saturated rings. The van der Waals surface area contributed by atoms with Crippen LogP contribution < -0.4 is 10.6 Å². The van der Waals surface area contributed by atoms with Gasteiger partial charge in [-0.1, -0.05) is 44.2 Å². The number of hydrogen-bond acceptors (Lipinski definition) is 4. The molecule has 1 aromatic rings. The number of aliphatic carboxylic acids is 1. The number of amides is 2. The molecule has 0 spiro atoms. The zero-order chi connectivity index (χ0) is 21.1. The van der Waals surface area contributed by atoms with Crippen molar-refractivity contribution in [2.24, 2.45) is 5.92 Å². The maximum absolute atomic E-state index is 12.4. The molecule has 29 heavy (non-hydrogen) atoms. The van der Waals surface area contributed by atoms with Gasteiger partial charge in [-0.2, -0.15) is 0 Å². The molecular weight excluding hydrogens is 372 g/mol. The fourth-order valence-electron chi connectivity index (χ4n) is 3.79. The lowest BCUT2D eigenvalue weighted by atomic mass is 9.86. The largest absolute Gasteiger partial charge is 0.508 e. The number of carboxylic acid groups (broad SMARTS) is 1. The van der Waals surface area contributed by atoms with E-state index in [2.05, 4.69) is 10.6 Å². The number of hydrogen-bond donors (Lipinski definition) is 4.